The third-order valence-electron chi connectivity index (χ3n) is 2.81. The van der Waals surface area contributed by atoms with Gasteiger partial charge in [0.05, 0.1) is 0 Å². The van der Waals surface area contributed by atoms with E-state index in [1.165, 1.54) is 4.90 Å². The molecule has 6 nitrogen and oxygen atoms in total. The van der Waals surface area contributed by atoms with Crippen LogP contribution in [0.15, 0.2) is 0 Å². The van der Waals surface area contributed by atoms with Crippen molar-refractivity contribution in [2.75, 3.05) is 33.7 Å². The number of amides is 2. The summed E-state index contributed by atoms with van der Waals surface area (Å²) in [6.45, 7) is 1.83. The first-order chi connectivity index (χ1) is 7.57. The first-order valence-electron chi connectivity index (χ1n) is 5.47. The van der Waals surface area contributed by atoms with Crippen LogP contribution in [0, 0.1) is 0 Å². The van der Waals surface area contributed by atoms with Gasteiger partial charge in [-0.2, -0.15) is 0 Å². The van der Waals surface area contributed by atoms with Crippen molar-refractivity contribution in [1.82, 2.24) is 15.1 Å². The molecule has 2 amide bonds. The molecule has 1 aliphatic heterocycles. The number of aliphatic carboxylic acids is 1. The molecule has 1 rings (SSSR count). The minimum atomic E-state index is -0.909. The highest BCUT2D eigenvalue weighted by Gasteiger charge is 2.35. The minimum absolute atomic E-state index is 0.194. The van der Waals surface area contributed by atoms with Crippen molar-refractivity contribution in [1.29, 1.82) is 0 Å². The van der Waals surface area contributed by atoms with Crippen LogP contribution >= 0.6 is 0 Å². The van der Waals surface area contributed by atoms with Gasteiger partial charge in [-0.1, -0.05) is 0 Å². The van der Waals surface area contributed by atoms with Crippen LogP contribution in [-0.4, -0.2) is 66.7 Å². The fourth-order valence-electron chi connectivity index (χ4n) is 1.85. The van der Waals surface area contributed by atoms with Crippen LogP contribution in [0.2, 0.25) is 0 Å². The molecule has 1 atom stereocenters. The van der Waals surface area contributed by atoms with E-state index in [2.05, 4.69) is 5.32 Å². The summed E-state index contributed by atoms with van der Waals surface area (Å²) in [5.41, 5.74) is 0. The van der Waals surface area contributed by atoms with E-state index in [9.17, 15) is 9.59 Å². The first-order valence-corrected chi connectivity index (χ1v) is 5.47. The van der Waals surface area contributed by atoms with Gasteiger partial charge < -0.3 is 20.2 Å². The van der Waals surface area contributed by atoms with Crippen LogP contribution in [0.4, 0.5) is 4.79 Å². The molecule has 1 heterocycles. The average molecular weight is 229 g/mol. The summed E-state index contributed by atoms with van der Waals surface area (Å²) in [7, 11) is 3.51. The molecule has 6 heteroatoms. The van der Waals surface area contributed by atoms with Crippen LogP contribution in [0.5, 0.6) is 0 Å². The van der Waals surface area contributed by atoms with Gasteiger partial charge in [0, 0.05) is 26.7 Å². The topological polar surface area (TPSA) is 72.9 Å². The van der Waals surface area contributed by atoms with Gasteiger partial charge in [-0.3, -0.25) is 0 Å². The third-order valence-corrected chi connectivity index (χ3v) is 2.81. The van der Waals surface area contributed by atoms with Crippen LogP contribution in [0.3, 0.4) is 0 Å². The molecule has 1 saturated heterocycles. The van der Waals surface area contributed by atoms with E-state index in [1.807, 2.05) is 7.05 Å². The van der Waals surface area contributed by atoms with Crippen molar-refractivity contribution in [3.8, 4) is 0 Å². The summed E-state index contributed by atoms with van der Waals surface area (Å²) in [5.74, 6) is -0.909. The van der Waals surface area contributed by atoms with Gasteiger partial charge in [0.15, 0.2) is 0 Å². The lowest BCUT2D eigenvalue weighted by Crippen LogP contribution is -2.47. The number of hydrogen-bond donors (Lipinski definition) is 2. The van der Waals surface area contributed by atoms with E-state index >= 15 is 0 Å². The van der Waals surface area contributed by atoms with Crippen LogP contribution in [0.25, 0.3) is 0 Å². The molecule has 0 aromatic heterocycles. The van der Waals surface area contributed by atoms with Crippen molar-refractivity contribution >= 4 is 12.0 Å². The molecule has 2 N–H and O–H groups in total. The summed E-state index contributed by atoms with van der Waals surface area (Å²) < 4.78 is 0. The molecule has 0 bridgehead atoms. The molecule has 16 heavy (non-hydrogen) atoms. The second-order valence-electron chi connectivity index (χ2n) is 4.00. The van der Waals surface area contributed by atoms with E-state index in [0.717, 1.165) is 6.42 Å². The van der Waals surface area contributed by atoms with Crippen molar-refractivity contribution in [2.24, 2.45) is 0 Å². The van der Waals surface area contributed by atoms with E-state index in [1.54, 1.807) is 11.9 Å². The Kier molecular flexibility index (Phi) is 4.54. The van der Waals surface area contributed by atoms with E-state index < -0.39 is 12.0 Å². The Labute approximate surface area is 95.2 Å². The van der Waals surface area contributed by atoms with Crippen molar-refractivity contribution < 1.29 is 14.7 Å². The Hall–Kier alpha value is -1.30. The number of carboxylic acids is 1. The average Bonchev–Trinajstić information content (AvgIpc) is 2.73. The number of nitrogens with one attached hydrogen (secondary N) is 1. The Morgan fingerprint density at radius 3 is 2.81 bits per heavy atom. The van der Waals surface area contributed by atoms with Crippen LogP contribution in [-0.2, 0) is 4.79 Å². The van der Waals surface area contributed by atoms with E-state index in [4.69, 9.17) is 5.11 Å². The van der Waals surface area contributed by atoms with Gasteiger partial charge in [-0.15, -0.1) is 0 Å². The number of nitrogens with zero attached hydrogens (tertiary/aromatic N) is 2. The molecule has 0 aliphatic carbocycles. The van der Waals surface area contributed by atoms with Crippen LogP contribution < -0.4 is 5.32 Å². The second kappa shape index (κ2) is 5.69. The lowest BCUT2D eigenvalue weighted by molar-refractivity contribution is -0.141. The first kappa shape index (κ1) is 12.8. The normalized spacial score (nSPS) is 19.9. The fourth-order valence-corrected chi connectivity index (χ4v) is 1.85. The summed E-state index contributed by atoms with van der Waals surface area (Å²) in [6, 6.07) is -0.843. The minimum Gasteiger partial charge on any atom is -0.480 e. The monoisotopic (exact) mass is 229 g/mol. The van der Waals surface area contributed by atoms with Gasteiger partial charge in [-0.25, -0.2) is 9.59 Å². The highest BCUT2D eigenvalue weighted by Crippen LogP contribution is 2.18. The van der Waals surface area contributed by atoms with E-state index in [0.29, 0.717) is 26.1 Å². The van der Waals surface area contributed by atoms with Crippen LogP contribution in [0.1, 0.15) is 12.8 Å². The van der Waals surface area contributed by atoms with Crippen molar-refractivity contribution in [3.05, 3.63) is 0 Å². The Morgan fingerprint density at radius 2 is 2.25 bits per heavy atom. The number of carbonyl (C=O) groups excluding carboxylic acids is 1. The van der Waals surface area contributed by atoms with Gasteiger partial charge >= 0.3 is 12.0 Å². The summed E-state index contributed by atoms with van der Waals surface area (Å²) in [5, 5.41) is 11.9. The highest BCUT2D eigenvalue weighted by molar-refractivity contribution is 5.83. The van der Waals surface area contributed by atoms with Gasteiger partial charge in [0.25, 0.3) is 0 Å². The maximum atomic E-state index is 11.9. The molecule has 0 saturated carbocycles. The summed E-state index contributed by atoms with van der Waals surface area (Å²) in [4.78, 5) is 25.9. The Morgan fingerprint density at radius 1 is 1.56 bits per heavy atom. The summed E-state index contributed by atoms with van der Waals surface area (Å²) >= 11 is 0. The second-order valence-corrected chi connectivity index (χ2v) is 4.00. The van der Waals surface area contributed by atoms with Gasteiger partial charge in [-0.05, 0) is 19.9 Å². The molecule has 0 spiro atoms. The zero-order chi connectivity index (χ0) is 12.1. The van der Waals surface area contributed by atoms with Gasteiger partial charge in [0.2, 0.25) is 0 Å². The molecule has 0 aromatic carbocycles. The molecule has 1 fully saturated rings. The lowest BCUT2D eigenvalue weighted by atomic mass is 10.2. The standard InChI is InChI=1S/C10H19N3O3/c1-11-5-7-12(2)10(16)13-6-3-4-8(13)9(14)15/h8,11H,3-7H2,1-2H3,(H,14,15)/t8-/m1/s1. The predicted molar refractivity (Wildman–Crippen MR) is 59.3 cm³/mol. The number of carbonyl (C=O) groups is 2. The number of likely N-dealkylation sites (N-methyl/N-ethyl adjacent to an activating group) is 2. The SMILES string of the molecule is CNCCN(C)C(=O)N1CCC[C@@H]1C(=O)O. The molecule has 0 aromatic rings. The molecule has 1 aliphatic rings. The molecule has 92 valence electrons. The largest absolute Gasteiger partial charge is 0.480 e. The zero-order valence-electron chi connectivity index (χ0n) is 9.77. The lowest BCUT2D eigenvalue weighted by Gasteiger charge is -2.27. The molecular formula is C10H19N3O3. The predicted octanol–water partition coefficient (Wildman–Crippen LogP) is -0.193. The highest BCUT2D eigenvalue weighted by atomic mass is 16.4. The number of likely N-dealkylation sites (tertiary alicyclic amines) is 1. The number of urea groups is 1. The van der Waals surface area contributed by atoms with Crippen molar-refractivity contribution in [2.45, 2.75) is 18.9 Å². The van der Waals surface area contributed by atoms with E-state index in [-0.39, 0.29) is 6.03 Å². The number of carboxylic acid groups (broad SMARTS) is 1. The molecule has 0 radical (unpaired) electrons. The quantitative estimate of drug-likeness (QED) is 0.700. The van der Waals surface area contributed by atoms with Gasteiger partial charge in [0.1, 0.15) is 6.04 Å². The number of hydrogen-bond acceptors (Lipinski definition) is 3. The summed E-state index contributed by atoms with van der Waals surface area (Å²) in [6.07, 6.45) is 1.32. The fraction of sp³-hybridized carbons (Fsp3) is 0.800. The third kappa shape index (κ3) is 2.85. The smallest absolute Gasteiger partial charge is 0.326 e. The maximum absolute atomic E-state index is 11.9. The number of rotatable bonds is 4. The van der Waals surface area contributed by atoms with Crippen molar-refractivity contribution in [3.63, 3.8) is 0 Å². The molecule has 0 unspecified atom stereocenters. The Bertz CT molecular complexity index is 270. The maximum Gasteiger partial charge on any atom is 0.326 e. The zero-order valence-corrected chi connectivity index (χ0v) is 9.77. The Balaban J connectivity index is 2.55. The molecular weight excluding hydrogens is 210 g/mol.